The fourth-order valence-electron chi connectivity index (χ4n) is 1.83. The van der Waals surface area contributed by atoms with Gasteiger partial charge in [0.1, 0.15) is 12.4 Å². The van der Waals surface area contributed by atoms with Crippen LogP contribution in [-0.4, -0.2) is 6.54 Å². The van der Waals surface area contributed by atoms with Crippen molar-refractivity contribution in [2.24, 2.45) is 5.73 Å². The molecule has 0 saturated heterocycles. The lowest BCUT2D eigenvalue weighted by Gasteiger charge is -2.13. The van der Waals surface area contributed by atoms with Crippen molar-refractivity contribution in [3.63, 3.8) is 0 Å². The summed E-state index contributed by atoms with van der Waals surface area (Å²) in [5.41, 5.74) is 7.69. The van der Waals surface area contributed by atoms with Gasteiger partial charge in [-0.05, 0) is 68.6 Å². The Kier molecular flexibility index (Phi) is 5.90. The Bertz CT molecular complexity index is 581. The van der Waals surface area contributed by atoms with Crippen LogP contribution in [0.1, 0.15) is 11.1 Å². The molecule has 0 aliphatic rings. The Morgan fingerprint density at radius 2 is 1.75 bits per heavy atom. The fraction of sp³-hybridized carbons (Fsp3) is 0.200. The monoisotopic (exact) mass is 417 g/mol. The summed E-state index contributed by atoms with van der Waals surface area (Å²) in [4.78, 5) is 0. The Hall–Kier alpha value is -0.550. The molecule has 0 heterocycles. The molecule has 0 unspecified atom stereocenters. The quantitative estimate of drug-likeness (QED) is 0.745. The first-order chi connectivity index (χ1) is 9.61. The van der Waals surface area contributed by atoms with Crippen LogP contribution in [0.5, 0.6) is 5.75 Å². The molecule has 2 aromatic rings. The predicted molar refractivity (Wildman–Crippen MR) is 90.4 cm³/mol. The smallest absolute Gasteiger partial charge is 0.148 e. The van der Waals surface area contributed by atoms with Crippen LogP contribution >= 0.6 is 43.5 Å². The number of nitrogens with two attached hydrogens (primary N) is 1. The van der Waals surface area contributed by atoms with Crippen LogP contribution < -0.4 is 10.5 Å². The maximum Gasteiger partial charge on any atom is 0.148 e. The number of rotatable bonds is 5. The van der Waals surface area contributed by atoms with Crippen molar-refractivity contribution in [1.29, 1.82) is 0 Å². The highest BCUT2D eigenvalue weighted by Crippen LogP contribution is 2.35. The number of halogens is 3. The molecule has 20 heavy (non-hydrogen) atoms. The summed E-state index contributed by atoms with van der Waals surface area (Å²) in [6, 6.07) is 11.7. The van der Waals surface area contributed by atoms with E-state index in [1.54, 1.807) is 0 Å². The summed E-state index contributed by atoms with van der Waals surface area (Å²) < 4.78 is 7.67. The minimum Gasteiger partial charge on any atom is -0.486 e. The van der Waals surface area contributed by atoms with Gasteiger partial charge in [-0.3, -0.25) is 0 Å². The Balaban J connectivity index is 2.16. The van der Waals surface area contributed by atoms with E-state index >= 15 is 0 Å². The zero-order valence-corrected chi connectivity index (χ0v) is 14.6. The number of benzene rings is 2. The number of ether oxygens (including phenoxy) is 1. The molecule has 5 heteroatoms. The predicted octanol–water partition coefficient (Wildman–Crippen LogP) is 4.95. The molecule has 0 amide bonds. The minimum absolute atomic E-state index is 0.424. The molecular weight excluding hydrogens is 405 g/mol. The van der Waals surface area contributed by atoms with Crippen molar-refractivity contribution in [3.05, 3.63) is 61.5 Å². The van der Waals surface area contributed by atoms with Gasteiger partial charge >= 0.3 is 0 Å². The van der Waals surface area contributed by atoms with E-state index in [9.17, 15) is 0 Å². The highest BCUT2D eigenvalue weighted by molar-refractivity contribution is 9.11. The lowest BCUT2D eigenvalue weighted by molar-refractivity contribution is 0.302. The molecule has 0 aliphatic carbocycles. The van der Waals surface area contributed by atoms with Crippen LogP contribution in [0.3, 0.4) is 0 Å². The third kappa shape index (κ3) is 3.98. The van der Waals surface area contributed by atoms with Crippen molar-refractivity contribution in [1.82, 2.24) is 0 Å². The second-order valence-corrected chi connectivity index (χ2v) is 6.42. The van der Waals surface area contributed by atoms with Crippen LogP contribution in [0.25, 0.3) is 0 Å². The molecular formula is C15H14Br2ClNO. The van der Waals surface area contributed by atoms with Gasteiger partial charge in [0.05, 0.1) is 8.95 Å². The first-order valence-corrected chi connectivity index (χ1v) is 8.12. The molecule has 0 bridgehead atoms. The third-order valence-electron chi connectivity index (χ3n) is 2.82. The molecule has 2 rings (SSSR count). The first kappa shape index (κ1) is 15.8. The van der Waals surface area contributed by atoms with Crippen molar-refractivity contribution in [3.8, 4) is 5.75 Å². The van der Waals surface area contributed by atoms with E-state index in [1.165, 1.54) is 0 Å². The lowest BCUT2D eigenvalue weighted by Crippen LogP contribution is -2.03. The normalized spacial score (nSPS) is 10.6. The Morgan fingerprint density at radius 1 is 1.10 bits per heavy atom. The third-order valence-corrected chi connectivity index (χ3v) is 4.37. The Labute approximate surface area is 140 Å². The molecule has 0 radical (unpaired) electrons. The molecule has 0 fully saturated rings. The van der Waals surface area contributed by atoms with Gasteiger partial charge in [0.25, 0.3) is 0 Å². The second-order valence-electron chi connectivity index (χ2n) is 4.31. The zero-order valence-electron chi connectivity index (χ0n) is 10.7. The Morgan fingerprint density at radius 3 is 2.35 bits per heavy atom. The van der Waals surface area contributed by atoms with E-state index in [2.05, 4.69) is 31.9 Å². The molecule has 106 valence electrons. The first-order valence-electron chi connectivity index (χ1n) is 6.16. The summed E-state index contributed by atoms with van der Waals surface area (Å²) in [5, 5.41) is 0.708. The maximum atomic E-state index is 6.12. The summed E-state index contributed by atoms with van der Waals surface area (Å²) in [6.07, 6.45) is 0.835. The SMILES string of the molecule is NCCc1cc(Br)c(OCc2ccccc2Cl)c(Br)c1. The van der Waals surface area contributed by atoms with Crippen LogP contribution in [0, 0.1) is 0 Å². The van der Waals surface area contributed by atoms with E-state index < -0.39 is 0 Å². The van der Waals surface area contributed by atoms with E-state index in [0.717, 1.165) is 32.2 Å². The molecule has 2 aromatic carbocycles. The second kappa shape index (κ2) is 7.46. The highest BCUT2D eigenvalue weighted by Gasteiger charge is 2.10. The maximum absolute atomic E-state index is 6.12. The minimum atomic E-state index is 0.424. The van der Waals surface area contributed by atoms with E-state index in [1.807, 2.05) is 36.4 Å². The van der Waals surface area contributed by atoms with Crippen LogP contribution in [-0.2, 0) is 13.0 Å². The standard InChI is InChI=1S/C15H14Br2ClNO/c16-12-7-10(5-6-19)8-13(17)15(12)20-9-11-3-1-2-4-14(11)18/h1-4,7-8H,5-6,9,19H2. The van der Waals surface area contributed by atoms with Gasteiger partial charge in [-0.25, -0.2) is 0 Å². The molecule has 0 spiro atoms. The van der Waals surface area contributed by atoms with Crippen molar-refractivity contribution >= 4 is 43.5 Å². The van der Waals surface area contributed by atoms with Gasteiger partial charge < -0.3 is 10.5 Å². The van der Waals surface area contributed by atoms with Gasteiger partial charge in [-0.1, -0.05) is 29.8 Å². The highest BCUT2D eigenvalue weighted by atomic mass is 79.9. The van der Waals surface area contributed by atoms with Gasteiger partial charge in [0.15, 0.2) is 0 Å². The molecule has 2 nitrogen and oxygen atoms in total. The lowest BCUT2D eigenvalue weighted by atomic mass is 10.1. The van der Waals surface area contributed by atoms with Crippen LogP contribution in [0.4, 0.5) is 0 Å². The fourth-order valence-corrected chi connectivity index (χ4v) is 3.53. The van der Waals surface area contributed by atoms with Crippen molar-refractivity contribution in [2.45, 2.75) is 13.0 Å². The van der Waals surface area contributed by atoms with Crippen LogP contribution in [0.2, 0.25) is 5.02 Å². The molecule has 0 aliphatic heterocycles. The number of hydrogen-bond acceptors (Lipinski definition) is 2. The van der Waals surface area contributed by atoms with Gasteiger partial charge in [-0.15, -0.1) is 0 Å². The van der Waals surface area contributed by atoms with Crippen molar-refractivity contribution in [2.75, 3.05) is 6.54 Å². The average Bonchev–Trinajstić information content (AvgIpc) is 2.40. The number of hydrogen-bond donors (Lipinski definition) is 1. The van der Waals surface area contributed by atoms with Gasteiger partial charge in [0.2, 0.25) is 0 Å². The summed E-state index contributed by atoms with van der Waals surface area (Å²) in [6.45, 7) is 1.05. The van der Waals surface area contributed by atoms with E-state index in [4.69, 9.17) is 22.1 Å². The van der Waals surface area contributed by atoms with E-state index in [0.29, 0.717) is 18.2 Å². The topological polar surface area (TPSA) is 35.2 Å². The van der Waals surface area contributed by atoms with Gasteiger partial charge in [0, 0.05) is 10.6 Å². The summed E-state index contributed by atoms with van der Waals surface area (Å²) in [7, 11) is 0. The summed E-state index contributed by atoms with van der Waals surface area (Å²) >= 11 is 13.2. The van der Waals surface area contributed by atoms with Crippen LogP contribution in [0.15, 0.2) is 45.3 Å². The molecule has 0 saturated carbocycles. The largest absolute Gasteiger partial charge is 0.486 e. The van der Waals surface area contributed by atoms with E-state index in [-0.39, 0.29) is 0 Å². The molecule has 0 atom stereocenters. The summed E-state index contributed by atoms with van der Waals surface area (Å²) in [5.74, 6) is 0.769. The van der Waals surface area contributed by atoms with Crippen molar-refractivity contribution < 1.29 is 4.74 Å². The molecule has 2 N–H and O–H groups in total. The average molecular weight is 420 g/mol. The zero-order chi connectivity index (χ0) is 14.5. The molecule has 0 aromatic heterocycles. The van der Waals surface area contributed by atoms with Gasteiger partial charge in [-0.2, -0.15) is 0 Å².